The van der Waals surface area contributed by atoms with E-state index in [1.165, 1.54) is 0 Å². The number of phenolic OH excluding ortho intramolecular Hbond substituents is 1. The van der Waals surface area contributed by atoms with Crippen molar-refractivity contribution in [3.8, 4) is 17.2 Å². The number of hydrogen-bond donors (Lipinski definition) is 2. The van der Waals surface area contributed by atoms with Crippen LogP contribution in [-0.4, -0.2) is 18.8 Å². The van der Waals surface area contributed by atoms with Crippen molar-refractivity contribution in [2.45, 2.75) is 41.0 Å². The number of benzene rings is 7. The largest absolute Gasteiger partial charge is 0.505 e. The summed E-state index contributed by atoms with van der Waals surface area (Å²) in [5.41, 5.74) is 9.53. The molecule has 10 nitrogen and oxygen atoms in total. The molecule has 56 heavy (non-hydrogen) atoms. The van der Waals surface area contributed by atoms with Crippen molar-refractivity contribution in [2.75, 3.05) is 19.0 Å². The van der Waals surface area contributed by atoms with E-state index in [0.29, 0.717) is 23.4 Å². The van der Waals surface area contributed by atoms with Gasteiger partial charge in [0.2, 0.25) is 0 Å². The number of nitrogens with zero attached hydrogens (tertiary/aromatic N) is 6. The van der Waals surface area contributed by atoms with Gasteiger partial charge >= 0.3 is 0 Å². The van der Waals surface area contributed by atoms with Crippen molar-refractivity contribution in [3.63, 3.8) is 0 Å². The van der Waals surface area contributed by atoms with Crippen LogP contribution >= 0.6 is 0 Å². The topological polar surface area (TPSA) is 125 Å². The number of azo groups is 3. The summed E-state index contributed by atoms with van der Waals surface area (Å²) in [6.45, 7) is 10.7. The zero-order chi connectivity index (χ0) is 39.2. The van der Waals surface area contributed by atoms with Crippen LogP contribution in [0.3, 0.4) is 0 Å². The normalized spacial score (nSPS) is 11.8. The Morgan fingerprint density at radius 3 is 1.71 bits per heavy atom. The summed E-state index contributed by atoms with van der Waals surface area (Å²) >= 11 is 0. The summed E-state index contributed by atoms with van der Waals surface area (Å²) < 4.78 is 11.2. The Balaban J connectivity index is 1.04. The van der Waals surface area contributed by atoms with E-state index in [-0.39, 0.29) is 5.75 Å². The number of methoxy groups -OCH3 is 1. The lowest BCUT2D eigenvalue weighted by molar-refractivity contribution is 0.321. The molecular weight excluding hydrogens is 699 g/mol. The van der Waals surface area contributed by atoms with E-state index in [1.54, 1.807) is 13.2 Å². The number of aryl methyl sites for hydroxylation is 4. The number of ether oxygens (including phenoxy) is 2. The first-order chi connectivity index (χ1) is 27.2. The highest BCUT2D eigenvalue weighted by atomic mass is 16.5. The molecule has 0 bridgehead atoms. The second-order valence-corrected chi connectivity index (χ2v) is 13.7. The third-order valence-electron chi connectivity index (χ3n) is 9.47. The third kappa shape index (κ3) is 8.39. The van der Waals surface area contributed by atoms with E-state index < -0.39 is 0 Å². The van der Waals surface area contributed by atoms with Crippen LogP contribution in [0.4, 0.5) is 45.5 Å². The molecule has 0 atom stereocenters. The van der Waals surface area contributed by atoms with E-state index >= 15 is 0 Å². The quantitative estimate of drug-likeness (QED) is 0.121. The molecule has 2 N–H and O–H groups in total. The van der Waals surface area contributed by atoms with Gasteiger partial charge in [-0.05, 0) is 158 Å². The molecule has 7 aromatic carbocycles. The standard InChI is InChI=1S/C46H43N7O3/c1-7-21-56-45-10-8-9-32-11-13-36(27-39(32)45)48-50-41-22-29(3)43(23-28(41)2)52-53-44-25-30(4)42(24-31(44)5)51-49-40-20-12-33-26-35(16-19-38(33)46(40)54)47-34-14-17-37(55-6)18-15-34/h8-20,22-27,47,54H,7,21H2,1-6H3. The van der Waals surface area contributed by atoms with Gasteiger partial charge in [0.15, 0.2) is 5.75 Å². The molecule has 0 aliphatic rings. The van der Waals surface area contributed by atoms with Crippen molar-refractivity contribution in [3.05, 3.63) is 138 Å². The van der Waals surface area contributed by atoms with Gasteiger partial charge in [-0.1, -0.05) is 31.2 Å². The molecule has 7 rings (SSSR count). The minimum absolute atomic E-state index is 0.0698. The molecule has 280 valence electrons. The average molecular weight is 742 g/mol. The fraction of sp³-hybridized carbons (Fsp3) is 0.174. The molecule has 0 aliphatic carbocycles. The average Bonchev–Trinajstić information content (AvgIpc) is 3.21. The molecule has 7 aromatic rings. The molecule has 0 amide bonds. The predicted molar refractivity (Wildman–Crippen MR) is 226 cm³/mol. The highest BCUT2D eigenvalue weighted by Gasteiger charge is 2.11. The number of hydrogen-bond acceptors (Lipinski definition) is 10. The van der Waals surface area contributed by atoms with Crippen LogP contribution in [0.1, 0.15) is 35.6 Å². The summed E-state index contributed by atoms with van der Waals surface area (Å²) in [7, 11) is 1.64. The molecule has 0 heterocycles. The van der Waals surface area contributed by atoms with Gasteiger partial charge in [0.05, 0.1) is 42.2 Å². The van der Waals surface area contributed by atoms with Crippen molar-refractivity contribution in [1.82, 2.24) is 0 Å². The Bertz CT molecular complexity index is 2650. The number of phenols is 1. The first-order valence-electron chi connectivity index (χ1n) is 18.5. The van der Waals surface area contributed by atoms with Crippen LogP contribution in [-0.2, 0) is 0 Å². The monoisotopic (exact) mass is 741 g/mol. The van der Waals surface area contributed by atoms with Crippen LogP contribution in [0, 0.1) is 27.7 Å². The lowest BCUT2D eigenvalue weighted by Gasteiger charge is -2.10. The zero-order valence-corrected chi connectivity index (χ0v) is 32.3. The smallest absolute Gasteiger partial charge is 0.150 e. The first kappa shape index (κ1) is 37.4. The second-order valence-electron chi connectivity index (χ2n) is 13.7. The first-order valence-corrected chi connectivity index (χ1v) is 18.5. The van der Waals surface area contributed by atoms with Crippen molar-refractivity contribution in [2.24, 2.45) is 30.7 Å². The molecule has 10 heteroatoms. The maximum Gasteiger partial charge on any atom is 0.150 e. The Morgan fingerprint density at radius 2 is 1.11 bits per heavy atom. The van der Waals surface area contributed by atoms with E-state index in [9.17, 15) is 5.11 Å². The van der Waals surface area contributed by atoms with Crippen LogP contribution < -0.4 is 14.8 Å². The summed E-state index contributed by atoms with van der Waals surface area (Å²) in [5, 5.41) is 45.4. The van der Waals surface area contributed by atoms with Crippen LogP contribution in [0.2, 0.25) is 0 Å². The molecule has 0 fully saturated rings. The Morgan fingerprint density at radius 1 is 0.536 bits per heavy atom. The number of anilines is 2. The molecule has 0 aromatic heterocycles. The molecule has 0 radical (unpaired) electrons. The summed E-state index contributed by atoms with van der Waals surface area (Å²) in [6, 6.07) is 37.1. The number of aromatic hydroxyl groups is 1. The Hall–Kier alpha value is -6.94. The van der Waals surface area contributed by atoms with Gasteiger partial charge in [0.25, 0.3) is 0 Å². The second kappa shape index (κ2) is 16.6. The van der Waals surface area contributed by atoms with Gasteiger partial charge in [-0.2, -0.15) is 25.6 Å². The molecule has 0 saturated carbocycles. The SMILES string of the molecule is CCCOc1cccc2ccc(N=Nc3cc(C)c(N=Nc4cc(C)c(N=Nc5ccc6cc(Nc7ccc(OC)cc7)ccc6c5O)cc4C)cc3C)cc12. The molecular formula is C46H43N7O3. The van der Waals surface area contributed by atoms with E-state index in [2.05, 4.69) is 49.0 Å². The van der Waals surface area contributed by atoms with Crippen molar-refractivity contribution in [1.29, 1.82) is 0 Å². The molecule has 0 spiro atoms. The lowest BCUT2D eigenvalue weighted by Crippen LogP contribution is -1.95. The minimum atomic E-state index is 0.0698. The van der Waals surface area contributed by atoms with Gasteiger partial charge in [-0.15, -0.1) is 5.11 Å². The Kier molecular flexibility index (Phi) is 11.1. The van der Waals surface area contributed by atoms with Crippen molar-refractivity contribution < 1.29 is 14.6 Å². The van der Waals surface area contributed by atoms with E-state index in [0.717, 1.165) is 90.5 Å². The van der Waals surface area contributed by atoms with Crippen LogP contribution in [0.5, 0.6) is 17.2 Å². The highest BCUT2D eigenvalue weighted by Crippen LogP contribution is 2.39. The van der Waals surface area contributed by atoms with Gasteiger partial charge in [0.1, 0.15) is 17.2 Å². The predicted octanol–water partition coefficient (Wildman–Crippen LogP) is 14.7. The van der Waals surface area contributed by atoms with Crippen molar-refractivity contribution >= 4 is 67.0 Å². The minimum Gasteiger partial charge on any atom is -0.505 e. The third-order valence-corrected chi connectivity index (χ3v) is 9.47. The molecule has 0 saturated heterocycles. The number of rotatable bonds is 12. The van der Waals surface area contributed by atoms with Crippen LogP contribution in [0.25, 0.3) is 21.5 Å². The number of nitrogens with one attached hydrogen (secondary N) is 1. The lowest BCUT2D eigenvalue weighted by atomic mass is 10.1. The van der Waals surface area contributed by atoms with E-state index in [1.807, 2.05) is 131 Å². The maximum absolute atomic E-state index is 11.1. The maximum atomic E-state index is 11.1. The fourth-order valence-electron chi connectivity index (χ4n) is 6.26. The van der Waals surface area contributed by atoms with Gasteiger partial charge < -0.3 is 19.9 Å². The molecule has 0 aliphatic heterocycles. The Labute approximate surface area is 326 Å². The zero-order valence-electron chi connectivity index (χ0n) is 32.3. The summed E-state index contributed by atoms with van der Waals surface area (Å²) in [5.74, 6) is 1.71. The highest BCUT2D eigenvalue weighted by molar-refractivity contribution is 5.95. The summed E-state index contributed by atoms with van der Waals surface area (Å²) in [6.07, 6.45) is 0.941. The summed E-state index contributed by atoms with van der Waals surface area (Å²) in [4.78, 5) is 0. The number of fused-ring (bicyclic) bond motifs is 2. The molecule has 0 unspecified atom stereocenters. The van der Waals surface area contributed by atoms with Gasteiger partial charge in [0, 0.05) is 22.1 Å². The van der Waals surface area contributed by atoms with Gasteiger partial charge in [-0.3, -0.25) is 0 Å². The van der Waals surface area contributed by atoms with Gasteiger partial charge in [-0.25, -0.2) is 0 Å². The van der Waals surface area contributed by atoms with Crippen LogP contribution in [0.15, 0.2) is 146 Å². The van der Waals surface area contributed by atoms with E-state index in [4.69, 9.17) is 9.47 Å². The fourth-order valence-corrected chi connectivity index (χ4v) is 6.26.